The standard InChI is InChI=1S/C26H41NO6S2/c1-16-9-8-10-17(2)25(30)19(4)35(31,32)26(6,7)23(28)14-24(29)33-22(12-11-16)18(3)13-21-15-34-20(5)27-21/h11,13,15,17,19,22-23,25,28,30H,8-10,12,14H2,1-7H3/b16-11+,18-13+/t17-,19+,22-,23+,25-/m0/s1. The van der Waals surface area contributed by atoms with Crippen molar-refractivity contribution in [3.05, 3.63) is 33.3 Å². The molecule has 0 fully saturated rings. The molecule has 1 aliphatic heterocycles. The first-order chi connectivity index (χ1) is 16.2. The fraction of sp³-hybridized carbons (Fsp3) is 0.692. The third-order valence-corrected chi connectivity index (χ3v) is 10.9. The van der Waals surface area contributed by atoms with E-state index in [0.29, 0.717) is 12.8 Å². The second-order valence-corrected chi connectivity index (χ2v) is 14.3. The predicted molar refractivity (Wildman–Crippen MR) is 141 cm³/mol. The fourth-order valence-corrected chi connectivity index (χ4v) is 6.94. The molecule has 0 amide bonds. The number of rotatable bonds is 2. The molecule has 1 aliphatic rings. The molecule has 0 aromatic carbocycles. The number of cyclic esters (lactones) is 1. The number of carbonyl (C=O) groups is 1. The Labute approximate surface area is 214 Å². The first-order valence-electron chi connectivity index (χ1n) is 12.2. The summed E-state index contributed by atoms with van der Waals surface area (Å²) >= 11 is 1.54. The van der Waals surface area contributed by atoms with Crippen LogP contribution >= 0.6 is 11.3 Å². The first kappa shape index (κ1) is 29.7. The average Bonchev–Trinajstić information content (AvgIpc) is 3.18. The van der Waals surface area contributed by atoms with Gasteiger partial charge in [-0.2, -0.15) is 0 Å². The predicted octanol–water partition coefficient (Wildman–Crippen LogP) is 4.62. The lowest BCUT2D eigenvalue weighted by molar-refractivity contribution is -0.149. The highest BCUT2D eigenvalue weighted by Gasteiger charge is 2.47. The van der Waals surface area contributed by atoms with Crippen molar-refractivity contribution in [2.24, 2.45) is 5.92 Å². The van der Waals surface area contributed by atoms with Crippen LogP contribution < -0.4 is 0 Å². The Morgan fingerprint density at radius 1 is 1.26 bits per heavy atom. The topological polar surface area (TPSA) is 114 Å². The van der Waals surface area contributed by atoms with Gasteiger partial charge in [0.2, 0.25) is 0 Å². The number of carbonyl (C=O) groups excluding carboxylic acids is 1. The molecule has 0 aliphatic carbocycles. The molecule has 0 radical (unpaired) electrons. The maximum atomic E-state index is 13.4. The summed E-state index contributed by atoms with van der Waals surface area (Å²) in [6.45, 7) is 11.9. The van der Waals surface area contributed by atoms with E-state index < -0.39 is 50.5 Å². The van der Waals surface area contributed by atoms with Gasteiger partial charge in [-0.25, -0.2) is 13.4 Å². The SMILES string of the molecule is C/C1=C\C[C@@H](/C(C)=C/c2csc(C)n2)OC(=O)C[C@@H](O)C(C)(C)S(=O)(=O)[C@H](C)[C@@H](O)[C@@H](C)CCC1. The average molecular weight is 528 g/mol. The lowest BCUT2D eigenvalue weighted by atomic mass is 9.94. The van der Waals surface area contributed by atoms with Crippen LogP contribution in [0, 0.1) is 12.8 Å². The molecule has 7 nitrogen and oxygen atoms in total. The Kier molecular flexibility index (Phi) is 10.3. The Balaban J connectivity index is 2.39. The number of aromatic nitrogens is 1. The van der Waals surface area contributed by atoms with E-state index in [1.54, 1.807) is 0 Å². The van der Waals surface area contributed by atoms with Crippen LogP contribution in [0.5, 0.6) is 0 Å². The van der Waals surface area contributed by atoms with Crippen LogP contribution in [-0.2, 0) is 19.4 Å². The Hall–Kier alpha value is -1.55. The highest BCUT2D eigenvalue weighted by molar-refractivity contribution is 7.93. The minimum atomic E-state index is -3.98. The highest BCUT2D eigenvalue weighted by Crippen LogP contribution is 2.32. The van der Waals surface area contributed by atoms with E-state index >= 15 is 0 Å². The van der Waals surface area contributed by atoms with E-state index in [9.17, 15) is 23.4 Å². The molecule has 0 bridgehead atoms. The molecule has 198 valence electrons. The van der Waals surface area contributed by atoms with Crippen molar-refractivity contribution in [1.82, 2.24) is 4.98 Å². The smallest absolute Gasteiger partial charge is 0.309 e. The Bertz CT molecular complexity index is 1040. The van der Waals surface area contributed by atoms with Gasteiger partial charge in [0.1, 0.15) is 6.10 Å². The second-order valence-electron chi connectivity index (χ2n) is 10.4. The van der Waals surface area contributed by atoms with Crippen LogP contribution in [0.2, 0.25) is 0 Å². The molecule has 0 unspecified atom stereocenters. The summed E-state index contributed by atoms with van der Waals surface area (Å²) in [6.07, 6.45) is 3.12. The van der Waals surface area contributed by atoms with Gasteiger partial charge in [0.05, 0.1) is 39.3 Å². The minimum Gasteiger partial charge on any atom is -0.457 e. The summed E-state index contributed by atoms with van der Waals surface area (Å²) in [5.74, 6) is -0.898. The van der Waals surface area contributed by atoms with Gasteiger partial charge in [0.25, 0.3) is 0 Å². The number of aliphatic hydroxyl groups excluding tert-OH is 2. The number of hydrogen-bond donors (Lipinski definition) is 2. The maximum Gasteiger partial charge on any atom is 0.309 e. The minimum absolute atomic E-state index is 0.224. The van der Waals surface area contributed by atoms with Crippen LogP contribution in [-0.4, -0.2) is 57.9 Å². The molecule has 1 aromatic heterocycles. The number of ether oxygens (including phenoxy) is 1. The zero-order valence-corrected chi connectivity index (χ0v) is 23.6. The molecule has 2 rings (SSSR count). The molecule has 0 saturated heterocycles. The third-order valence-electron chi connectivity index (χ3n) is 7.15. The van der Waals surface area contributed by atoms with Gasteiger partial charge in [-0.1, -0.05) is 18.6 Å². The van der Waals surface area contributed by atoms with Crippen LogP contribution in [0.15, 0.2) is 22.6 Å². The van der Waals surface area contributed by atoms with Crippen molar-refractivity contribution in [2.45, 2.75) is 109 Å². The number of aliphatic hydroxyl groups is 2. The van der Waals surface area contributed by atoms with E-state index in [2.05, 4.69) is 11.1 Å². The van der Waals surface area contributed by atoms with Crippen molar-refractivity contribution >= 4 is 33.2 Å². The summed E-state index contributed by atoms with van der Waals surface area (Å²) in [4.78, 5) is 17.3. The van der Waals surface area contributed by atoms with Gasteiger partial charge in [-0.15, -0.1) is 11.3 Å². The molecule has 2 N–H and O–H groups in total. The second kappa shape index (κ2) is 12.1. The number of nitrogens with zero attached hydrogens (tertiary/aromatic N) is 1. The molecular formula is C26H41NO6S2. The molecule has 0 spiro atoms. The molecule has 9 heteroatoms. The summed E-state index contributed by atoms with van der Waals surface area (Å²) in [7, 11) is -3.98. The van der Waals surface area contributed by atoms with E-state index in [4.69, 9.17) is 4.74 Å². The summed E-state index contributed by atoms with van der Waals surface area (Å²) in [6, 6.07) is 0. The Morgan fingerprint density at radius 2 is 1.91 bits per heavy atom. The van der Waals surface area contributed by atoms with E-state index in [1.807, 2.05) is 39.2 Å². The van der Waals surface area contributed by atoms with Crippen molar-refractivity contribution in [2.75, 3.05) is 0 Å². The normalized spacial score (nSPS) is 32.9. The van der Waals surface area contributed by atoms with Crippen molar-refractivity contribution in [1.29, 1.82) is 0 Å². The number of esters is 1. The van der Waals surface area contributed by atoms with E-state index in [-0.39, 0.29) is 5.92 Å². The zero-order valence-electron chi connectivity index (χ0n) is 21.9. The number of sulfone groups is 1. The van der Waals surface area contributed by atoms with Crippen LogP contribution in [0.3, 0.4) is 0 Å². The first-order valence-corrected chi connectivity index (χ1v) is 14.6. The monoisotopic (exact) mass is 527 g/mol. The van der Waals surface area contributed by atoms with Gasteiger partial charge in [-0.05, 0) is 78.4 Å². The summed E-state index contributed by atoms with van der Waals surface area (Å²) < 4.78 is 30.8. The molecule has 2 heterocycles. The Morgan fingerprint density at radius 3 is 2.51 bits per heavy atom. The fourth-order valence-electron chi connectivity index (χ4n) is 4.31. The van der Waals surface area contributed by atoms with Crippen molar-refractivity contribution in [3.8, 4) is 0 Å². The number of aryl methyl sites for hydroxylation is 1. The summed E-state index contributed by atoms with van der Waals surface area (Å²) in [5.41, 5.74) is 2.75. The quantitative estimate of drug-likeness (QED) is 0.426. The van der Waals surface area contributed by atoms with Crippen LogP contribution in [0.1, 0.15) is 84.3 Å². The maximum absolute atomic E-state index is 13.4. The van der Waals surface area contributed by atoms with E-state index in [1.165, 1.54) is 32.1 Å². The van der Waals surface area contributed by atoms with E-state index in [0.717, 1.165) is 34.7 Å². The lowest BCUT2D eigenvalue weighted by Gasteiger charge is -2.35. The zero-order chi connectivity index (χ0) is 26.6. The van der Waals surface area contributed by atoms with Crippen molar-refractivity contribution in [3.63, 3.8) is 0 Å². The summed E-state index contributed by atoms with van der Waals surface area (Å²) in [5, 5.41) is 23.4. The molecule has 5 atom stereocenters. The van der Waals surface area contributed by atoms with Crippen LogP contribution in [0.4, 0.5) is 0 Å². The van der Waals surface area contributed by atoms with Gasteiger partial charge < -0.3 is 14.9 Å². The van der Waals surface area contributed by atoms with Crippen molar-refractivity contribution < 1.29 is 28.2 Å². The molecular weight excluding hydrogens is 486 g/mol. The molecule has 1 aromatic rings. The molecule has 0 saturated carbocycles. The number of thiazole rings is 1. The molecule has 35 heavy (non-hydrogen) atoms. The third kappa shape index (κ3) is 7.47. The van der Waals surface area contributed by atoms with Gasteiger partial charge >= 0.3 is 5.97 Å². The highest BCUT2D eigenvalue weighted by atomic mass is 32.2. The van der Waals surface area contributed by atoms with Gasteiger partial charge in [0, 0.05) is 11.8 Å². The van der Waals surface area contributed by atoms with Gasteiger partial charge in [-0.3, -0.25) is 4.79 Å². The largest absolute Gasteiger partial charge is 0.457 e. The number of hydrogen-bond acceptors (Lipinski definition) is 8. The van der Waals surface area contributed by atoms with Gasteiger partial charge in [0.15, 0.2) is 9.84 Å². The van der Waals surface area contributed by atoms with Crippen LogP contribution in [0.25, 0.3) is 6.08 Å². The lowest BCUT2D eigenvalue weighted by Crippen LogP contribution is -2.52. The number of allylic oxidation sites excluding steroid dienone is 1.